The fourth-order valence-corrected chi connectivity index (χ4v) is 3.29. The number of hydrogen-bond acceptors (Lipinski definition) is 6. The van der Waals surface area contributed by atoms with Crippen molar-refractivity contribution in [1.82, 2.24) is 18.7 Å². The molecule has 0 bridgehead atoms. The van der Waals surface area contributed by atoms with Crippen LogP contribution >= 0.6 is 0 Å². The Kier molecular flexibility index (Phi) is 5.91. The van der Waals surface area contributed by atoms with Crippen molar-refractivity contribution in [3.8, 4) is 11.5 Å². The van der Waals surface area contributed by atoms with E-state index in [1.807, 2.05) is 6.92 Å². The number of benzene rings is 1. The molecule has 1 aromatic carbocycles. The summed E-state index contributed by atoms with van der Waals surface area (Å²) < 4.78 is 14.8. The van der Waals surface area contributed by atoms with Gasteiger partial charge in [0.05, 0.1) is 7.11 Å². The van der Waals surface area contributed by atoms with E-state index in [0.717, 1.165) is 0 Å². The summed E-state index contributed by atoms with van der Waals surface area (Å²) in [6.45, 7) is 5.58. The van der Waals surface area contributed by atoms with Crippen molar-refractivity contribution in [1.29, 1.82) is 0 Å². The third-order valence-corrected chi connectivity index (χ3v) is 4.79. The van der Waals surface area contributed by atoms with Crippen molar-refractivity contribution in [3.05, 3.63) is 50.4 Å². The van der Waals surface area contributed by atoms with Gasteiger partial charge in [-0.2, -0.15) is 0 Å². The molecule has 3 rings (SSSR count). The molecule has 0 fully saturated rings. The van der Waals surface area contributed by atoms with Gasteiger partial charge in [-0.3, -0.25) is 18.7 Å². The predicted molar refractivity (Wildman–Crippen MR) is 114 cm³/mol. The second-order valence-electron chi connectivity index (χ2n) is 6.61. The molecule has 2 heterocycles. The number of esters is 1. The minimum Gasteiger partial charge on any atom is -0.497 e. The largest absolute Gasteiger partial charge is 0.497 e. The lowest BCUT2D eigenvalue weighted by atomic mass is 10.1. The molecule has 9 nitrogen and oxygen atoms in total. The first-order valence-corrected chi connectivity index (χ1v) is 9.56. The molecule has 0 saturated heterocycles. The highest BCUT2D eigenvalue weighted by atomic mass is 16.5. The Morgan fingerprint density at radius 1 is 1.13 bits per heavy atom. The monoisotopic (exact) mass is 412 g/mol. The maximum absolute atomic E-state index is 12.8. The summed E-state index contributed by atoms with van der Waals surface area (Å²) in [5.74, 6) is 1.01. The van der Waals surface area contributed by atoms with E-state index in [0.29, 0.717) is 40.6 Å². The zero-order valence-corrected chi connectivity index (χ0v) is 17.6. The van der Waals surface area contributed by atoms with Crippen LogP contribution in [0.15, 0.2) is 27.8 Å². The highest BCUT2D eigenvalue weighted by Gasteiger charge is 2.18. The lowest BCUT2D eigenvalue weighted by Gasteiger charge is -2.08. The highest BCUT2D eigenvalue weighted by Crippen LogP contribution is 2.26. The fraction of sp³-hybridized carbons (Fsp3) is 0.333. The number of ether oxygens (including phenoxy) is 2. The smallest absolute Gasteiger partial charge is 0.332 e. The Morgan fingerprint density at radius 3 is 2.43 bits per heavy atom. The van der Waals surface area contributed by atoms with Gasteiger partial charge in [0.1, 0.15) is 17.3 Å². The van der Waals surface area contributed by atoms with Crippen molar-refractivity contribution in [2.45, 2.75) is 33.9 Å². The lowest BCUT2D eigenvalue weighted by molar-refractivity contribution is -0.131. The highest BCUT2D eigenvalue weighted by molar-refractivity contribution is 5.79. The molecule has 0 radical (unpaired) electrons. The molecule has 0 amide bonds. The summed E-state index contributed by atoms with van der Waals surface area (Å²) in [6.07, 6.45) is 3.41. The van der Waals surface area contributed by atoms with Crippen molar-refractivity contribution in [2.75, 3.05) is 7.11 Å². The number of rotatable bonds is 6. The summed E-state index contributed by atoms with van der Waals surface area (Å²) in [5.41, 5.74) is 0.541. The third-order valence-electron chi connectivity index (χ3n) is 4.79. The van der Waals surface area contributed by atoms with E-state index in [1.165, 1.54) is 16.1 Å². The number of hydrogen-bond donors (Lipinski definition) is 0. The quantitative estimate of drug-likeness (QED) is 0.454. The molecule has 2 aromatic heterocycles. The normalized spacial score (nSPS) is 11.4. The second kappa shape index (κ2) is 8.40. The van der Waals surface area contributed by atoms with Gasteiger partial charge in [0, 0.05) is 32.6 Å². The molecule has 9 heteroatoms. The van der Waals surface area contributed by atoms with Gasteiger partial charge in [-0.25, -0.2) is 9.78 Å². The Hall–Kier alpha value is -3.62. The summed E-state index contributed by atoms with van der Waals surface area (Å²) in [4.78, 5) is 41.3. The fourth-order valence-electron chi connectivity index (χ4n) is 3.29. The molecule has 0 atom stereocenters. The number of nitrogens with zero attached hydrogens (tertiary/aromatic N) is 4. The van der Waals surface area contributed by atoms with Crippen LogP contribution < -0.4 is 20.7 Å². The zero-order valence-electron chi connectivity index (χ0n) is 17.6. The number of imidazole rings is 1. The molecule has 0 aliphatic carbocycles. The second-order valence-corrected chi connectivity index (χ2v) is 6.61. The number of carbonyl (C=O) groups excluding carboxylic acids is 1. The van der Waals surface area contributed by atoms with E-state index in [1.54, 1.807) is 56.0 Å². The van der Waals surface area contributed by atoms with E-state index in [4.69, 9.17) is 9.47 Å². The first kappa shape index (κ1) is 21.1. The van der Waals surface area contributed by atoms with Gasteiger partial charge in [0.2, 0.25) is 0 Å². The van der Waals surface area contributed by atoms with E-state index >= 15 is 0 Å². The van der Waals surface area contributed by atoms with E-state index in [9.17, 15) is 14.4 Å². The molecule has 0 unspecified atom stereocenters. The first-order valence-electron chi connectivity index (χ1n) is 9.56. The molecule has 0 saturated carbocycles. The number of fused-ring (bicyclic) bond motifs is 1. The van der Waals surface area contributed by atoms with Crippen LogP contribution in [0.5, 0.6) is 11.5 Å². The van der Waals surface area contributed by atoms with Crippen LogP contribution in [0.1, 0.15) is 32.2 Å². The molecular weight excluding hydrogens is 388 g/mol. The number of aryl methyl sites for hydroxylation is 2. The predicted octanol–water partition coefficient (Wildman–Crippen LogP) is 2.04. The average molecular weight is 412 g/mol. The van der Waals surface area contributed by atoms with Gasteiger partial charge >= 0.3 is 11.7 Å². The average Bonchev–Trinajstić information content (AvgIpc) is 3.04. The van der Waals surface area contributed by atoms with Crippen LogP contribution in [0, 0.1) is 0 Å². The van der Waals surface area contributed by atoms with E-state index in [-0.39, 0.29) is 17.8 Å². The van der Waals surface area contributed by atoms with Gasteiger partial charge in [-0.15, -0.1) is 0 Å². The number of methoxy groups -OCH3 is 1. The van der Waals surface area contributed by atoms with Crippen LogP contribution in [0.4, 0.5) is 0 Å². The summed E-state index contributed by atoms with van der Waals surface area (Å²) >= 11 is 0. The van der Waals surface area contributed by atoms with Crippen molar-refractivity contribution >= 4 is 29.3 Å². The summed E-state index contributed by atoms with van der Waals surface area (Å²) in [5, 5.41) is 0. The minimum atomic E-state index is -0.440. The topological polar surface area (TPSA) is 97.4 Å². The summed E-state index contributed by atoms with van der Waals surface area (Å²) in [7, 11) is 3.27. The van der Waals surface area contributed by atoms with Crippen LogP contribution in [-0.4, -0.2) is 31.8 Å². The molecular formula is C21H24N4O5. The minimum absolute atomic E-state index is 0.277. The SMILES string of the molecule is CCn1c(=O)c2c(nc(C=Cc3cc(OC)ccc3OC(C)=O)n2C)n(CC)c1=O. The van der Waals surface area contributed by atoms with E-state index in [2.05, 4.69) is 4.98 Å². The molecule has 158 valence electrons. The Labute approximate surface area is 172 Å². The first-order chi connectivity index (χ1) is 14.3. The van der Waals surface area contributed by atoms with Gasteiger partial charge in [0.25, 0.3) is 5.56 Å². The molecule has 0 aliphatic rings. The van der Waals surface area contributed by atoms with Gasteiger partial charge in [-0.1, -0.05) is 0 Å². The third kappa shape index (κ3) is 3.66. The van der Waals surface area contributed by atoms with E-state index < -0.39 is 5.97 Å². The zero-order chi connectivity index (χ0) is 22.0. The number of carbonyl (C=O) groups is 1. The Balaban J connectivity index is 2.18. The van der Waals surface area contributed by atoms with Crippen molar-refractivity contribution in [3.63, 3.8) is 0 Å². The Bertz CT molecular complexity index is 1260. The van der Waals surface area contributed by atoms with Gasteiger partial charge in [0.15, 0.2) is 11.2 Å². The maximum atomic E-state index is 12.8. The molecule has 0 spiro atoms. The van der Waals surface area contributed by atoms with Crippen LogP contribution in [-0.2, 0) is 24.9 Å². The summed E-state index contributed by atoms with van der Waals surface area (Å²) in [6, 6.07) is 5.06. The molecule has 30 heavy (non-hydrogen) atoms. The molecule has 0 aliphatic heterocycles. The van der Waals surface area contributed by atoms with Crippen LogP contribution in [0.3, 0.4) is 0 Å². The maximum Gasteiger partial charge on any atom is 0.332 e. The van der Waals surface area contributed by atoms with Gasteiger partial charge in [-0.05, 0) is 44.2 Å². The van der Waals surface area contributed by atoms with Gasteiger partial charge < -0.3 is 14.0 Å². The van der Waals surface area contributed by atoms with Crippen molar-refractivity contribution < 1.29 is 14.3 Å². The lowest BCUT2D eigenvalue weighted by Crippen LogP contribution is -2.39. The van der Waals surface area contributed by atoms with Crippen molar-refractivity contribution in [2.24, 2.45) is 7.05 Å². The standard InChI is InChI=1S/C21H24N4O5/c1-6-24-19-18(20(27)25(7-2)21(24)28)23(4)17(22-19)11-8-14-12-15(29-5)9-10-16(14)30-13(3)26/h8-12H,6-7H2,1-5H3. The Morgan fingerprint density at radius 2 is 1.83 bits per heavy atom. The molecule has 0 N–H and O–H groups in total. The number of aromatic nitrogens is 4. The molecule has 3 aromatic rings. The van der Waals surface area contributed by atoms with Crippen LogP contribution in [0.25, 0.3) is 23.3 Å². The van der Waals surface area contributed by atoms with Crippen LogP contribution in [0.2, 0.25) is 0 Å².